The molecule has 4 heteroatoms. The van der Waals surface area contributed by atoms with Gasteiger partial charge in [-0.05, 0) is 25.9 Å². The molecular weight excluding hydrogens is 622 g/mol. The van der Waals surface area contributed by atoms with Crippen molar-refractivity contribution in [3.05, 3.63) is 0 Å². The van der Waals surface area contributed by atoms with Gasteiger partial charge in [-0.15, -0.1) is 0 Å². The smallest absolute Gasteiger partial charge is 0.549 e. The van der Waals surface area contributed by atoms with Crippen LogP contribution < -0.4 is 34.7 Å². The summed E-state index contributed by atoms with van der Waals surface area (Å²) in [5, 5.41) is 11.3. The Bertz CT molecular complexity index is 571. The quantitative estimate of drug-likeness (QED) is 0.0466. The van der Waals surface area contributed by atoms with E-state index in [4.69, 9.17) is 0 Å². The maximum atomic E-state index is 11.3. The molecule has 0 saturated heterocycles. The van der Waals surface area contributed by atoms with E-state index in [1.54, 1.807) is 0 Å². The molecule has 0 heterocycles. The molecule has 0 aromatic heterocycles. The van der Waals surface area contributed by atoms with Gasteiger partial charge in [0.05, 0.1) is 5.97 Å². The third-order valence-corrected chi connectivity index (χ3v) is 11.0. The van der Waals surface area contributed by atoms with Gasteiger partial charge in [-0.25, -0.2) is 0 Å². The zero-order chi connectivity index (χ0) is 35.6. The molecule has 3 nitrogen and oxygen atoms in total. The number of unbranched alkanes of at least 4 members (excludes halogenated alkanes) is 38. The molecule has 50 heavy (non-hydrogen) atoms. The first kappa shape index (κ1) is 52.5. The van der Waals surface area contributed by atoms with Crippen LogP contribution in [0.2, 0.25) is 0 Å². The van der Waals surface area contributed by atoms with Crippen molar-refractivity contribution in [1.29, 1.82) is 0 Å². The summed E-state index contributed by atoms with van der Waals surface area (Å²) in [4.78, 5) is 13.4. The fraction of sp³-hybridized carbons (Fsp3) is 0.978. The second kappa shape index (κ2) is 47.5. The fourth-order valence-corrected chi connectivity index (χ4v) is 7.63. The molecular formula is C46H92NNaO2. The van der Waals surface area contributed by atoms with E-state index < -0.39 is 5.97 Å². The van der Waals surface area contributed by atoms with E-state index in [2.05, 4.69) is 18.7 Å². The van der Waals surface area contributed by atoms with Crippen molar-refractivity contribution in [1.82, 2.24) is 4.90 Å². The predicted molar refractivity (Wildman–Crippen MR) is 217 cm³/mol. The van der Waals surface area contributed by atoms with Gasteiger partial charge in [0.1, 0.15) is 0 Å². The Kier molecular flexibility index (Phi) is 49.9. The van der Waals surface area contributed by atoms with Crippen molar-refractivity contribution in [2.75, 3.05) is 19.6 Å². The maximum absolute atomic E-state index is 11.3. The number of hydrogen-bond acceptors (Lipinski definition) is 3. The van der Waals surface area contributed by atoms with Crippen LogP contribution in [0.3, 0.4) is 0 Å². The first-order valence-electron chi connectivity index (χ1n) is 23.1. The van der Waals surface area contributed by atoms with Gasteiger partial charge in [-0.3, -0.25) is 4.90 Å². The minimum Gasteiger partial charge on any atom is -0.549 e. The summed E-state index contributed by atoms with van der Waals surface area (Å²) in [5.74, 6) is -0.915. The Morgan fingerprint density at radius 1 is 0.320 bits per heavy atom. The summed E-state index contributed by atoms with van der Waals surface area (Å²) < 4.78 is 0. The Morgan fingerprint density at radius 2 is 0.480 bits per heavy atom. The molecule has 0 radical (unpaired) electrons. The summed E-state index contributed by atoms with van der Waals surface area (Å²) in [6.07, 6.45) is 55.8. The molecule has 294 valence electrons. The topological polar surface area (TPSA) is 43.4 Å². The van der Waals surface area contributed by atoms with Crippen molar-refractivity contribution in [3.8, 4) is 0 Å². The van der Waals surface area contributed by atoms with Gasteiger partial charge in [-0.1, -0.05) is 258 Å². The Balaban J connectivity index is 0. The van der Waals surface area contributed by atoms with E-state index >= 15 is 0 Å². The SMILES string of the molecule is CCCCCCCCCCCCCCCCCCCCCCN(CCCCCCCCCCCCCCCCCCCCCC)CC(=O)[O-].[Na+]. The third kappa shape index (κ3) is 46.5. The van der Waals surface area contributed by atoms with E-state index in [-0.39, 0.29) is 36.1 Å². The molecule has 0 aliphatic carbocycles. The van der Waals surface area contributed by atoms with E-state index in [0.29, 0.717) is 0 Å². The summed E-state index contributed by atoms with van der Waals surface area (Å²) >= 11 is 0. The predicted octanol–water partition coefficient (Wildman–Crippen LogP) is 11.7. The van der Waals surface area contributed by atoms with Gasteiger partial charge in [-0.2, -0.15) is 0 Å². The number of carbonyl (C=O) groups is 1. The number of carboxylic acid groups (broad SMARTS) is 1. The molecule has 0 N–H and O–H groups in total. The molecule has 0 atom stereocenters. The molecule has 0 aliphatic rings. The first-order valence-corrected chi connectivity index (χ1v) is 23.1. The molecule has 0 rings (SSSR count). The van der Waals surface area contributed by atoms with Crippen LogP contribution in [0, 0.1) is 0 Å². The van der Waals surface area contributed by atoms with Crippen molar-refractivity contribution < 1.29 is 39.5 Å². The van der Waals surface area contributed by atoms with Crippen molar-refractivity contribution in [2.24, 2.45) is 0 Å². The van der Waals surface area contributed by atoms with E-state index in [0.717, 1.165) is 25.9 Å². The van der Waals surface area contributed by atoms with Crippen LogP contribution in [0.15, 0.2) is 0 Å². The second-order valence-corrected chi connectivity index (χ2v) is 16.1. The minimum absolute atomic E-state index is 0. The number of carboxylic acids is 1. The van der Waals surface area contributed by atoms with Crippen molar-refractivity contribution in [2.45, 2.75) is 271 Å². The van der Waals surface area contributed by atoms with Gasteiger partial charge >= 0.3 is 29.6 Å². The number of hydrogen-bond donors (Lipinski definition) is 0. The van der Waals surface area contributed by atoms with Crippen LogP contribution in [0.1, 0.15) is 271 Å². The summed E-state index contributed by atoms with van der Waals surface area (Å²) in [6.45, 7) is 6.55. The summed E-state index contributed by atoms with van der Waals surface area (Å²) in [6, 6.07) is 0. The largest absolute Gasteiger partial charge is 1.00 e. The van der Waals surface area contributed by atoms with Crippen LogP contribution >= 0.6 is 0 Å². The number of aliphatic carboxylic acids is 1. The molecule has 0 bridgehead atoms. The molecule has 0 aromatic carbocycles. The molecule has 0 saturated carbocycles. The first-order chi connectivity index (χ1) is 24.2. The standard InChI is InChI=1S/C46H93NO2.Na/c1-3-5-7-9-11-13-15-17-19-21-23-25-27-29-31-33-35-37-39-41-43-47(45-46(48)49)44-42-40-38-36-34-32-30-28-26-24-22-20-18-16-14-12-10-8-6-4-2;/h3-45H2,1-2H3,(H,48,49);/q;+1/p-1. The second-order valence-electron chi connectivity index (χ2n) is 16.1. The van der Waals surface area contributed by atoms with Gasteiger partial charge in [0.2, 0.25) is 0 Å². The molecule has 0 fully saturated rings. The van der Waals surface area contributed by atoms with Gasteiger partial charge in [0.15, 0.2) is 0 Å². The Morgan fingerprint density at radius 3 is 0.640 bits per heavy atom. The van der Waals surface area contributed by atoms with Crippen molar-refractivity contribution >= 4 is 5.97 Å². The molecule has 0 aliphatic heterocycles. The van der Waals surface area contributed by atoms with Crippen LogP contribution in [-0.4, -0.2) is 30.5 Å². The van der Waals surface area contributed by atoms with Gasteiger partial charge in [0, 0.05) is 6.54 Å². The van der Waals surface area contributed by atoms with Crippen LogP contribution in [0.4, 0.5) is 0 Å². The van der Waals surface area contributed by atoms with E-state index in [9.17, 15) is 9.90 Å². The zero-order valence-corrected chi connectivity index (χ0v) is 37.2. The minimum atomic E-state index is -0.915. The number of nitrogens with zero attached hydrogens (tertiary/aromatic N) is 1. The molecule has 0 spiro atoms. The number of rotatable bonds is 44. The van der Waals surface area contributed by atoms with Crippen LogP contribution in [0.25, 0.3) is 0 Å². The normalized spacial score (nSPS) is 11.4. The van der Waals surface area contributed by atoms with E-state index in [1.807, 2.05) is 0 Å². The van der Waals surface area contributed by atoms with Crippen LogP contribution in [0.5, 0.6) is 0 Å². The van der Waals surface area contributed by atoms with Gasteiger partial charge in [0.25, 0.3) is 0 Å². The zero-order valence-electron chi connectivity index (χ0n) is 35.2. The summed E-state index contributed by atoms with van der Waals surface area (Å²) in [7, 11) is 0. The Hall–Kier alpha value is 0.430. The van der Waals surface area contributed by atoms with Crippen molar-refractivity contribution in [3.63, 3.8) is 0 Å². The Labute approximate surface area is 338 Å². The third-order valence-electron chi connectivity index (χ3n) is 11.0. The van der Waals surface area contributed by atoms with Crippen LogP contribution in [-0.2, 0) is 4.79 Å². The number of carbonyl (C=O) groups excluding carboxylic acids is 1. The van der Waals surface area contributed by atoms with E-state index in [1.165, 1.54) is 244 Å². The monoisotopic (exact) mass is 714 g/mol. The average molecular weight is 714 g/mol. The van der Waals surface area contributed by atoms with Gasteiger partial charge < -0.3 is 9.90 Å². The molecule has 0 aromatic rings. The maximum Gasteiger partial charge on any atom is 1.00 e. The molecule has 0 amide bonds. The summed E-state index contributed by atoms with van der Waals surface area (Å²) in [5.41, 5.74) is 0. The fourth-order valence-electron chi connectivity index (χ4n) is 7.63. The average Bonchev–Trinajstić information content (AvgIpc) is 3.09. The molecule has 0 unspecified atom stereocenters.